The maximum Gasteiger partial charge on any atom is 0.333 e. The van der Waals surface area contributed by atoms with Crippen LogP contribution in [0.2, 0.25) is 0 Å². The zero-order chi connectivity index (χ0) is 54.3. The van der Waals surface area contributed by atoms with Gasteiger partial charge in [-0.1, -0.05) is 133 Å². The number of ether oxygens (including phenoxy) is 2. The summed E-state index contributed by atoms with van der Waals surface area (Å²) >= 11 is 8.65. The Morgan fingerprint density at radius 3 is 1.46 bits per heavy atom. The molecule has 15 heteroatoms. The molecule has 408 valence electrons. The molecule has 0 saturated carbocycles. The van der Waals surface area contributed by atoms with Gasteiger partial charge in [-0.2, -0.15) is 5.26 Å². The summed E-state index contributed by atoms with van der Waals surface area (Å²) in [5.41, 5.74) is 5.18. The molecular weight excluding hydrogens is 1070 g/mol. The number of halogens is 2. The molecule has 6 aliphatic heterocycles. The molecule has 6 saturated heterocycles. The maximum absolute atomic E-state index is 13.8. The molecule has 4 bridgehead atoms. The summed E-state index contributed by atoms with van der Waals surface area (Å²) in [6, 6.07) is 55.3. The summed E-state index contributed by atoms with van der Waals surface area (Å²) in [5, 5.41) is 20.5. The second-order valence-corrected chi connectivity index (χ2v) is 22.3. The Morgan fingerprint density at radius 2 is 1.01 bits per heavy atom. The minimum Gasteiger partial charge on any atom is -1.00 e. The molecular formula is C64H65Cl2N5O6S2. The van der Waals surface area contributed by atoms with Crippen LogP contribution < -0.4 is 23.0 Å². The van der Waals surface area contributed by atoms with Crippen molar-refractivity contribution >= 4 is 89.3 Å². The number of nitriles is 1. The molecule has 0 radical (unpaired) electrons. The van der Waals surface area contributed by atoms with Crippen LogP contribution in [-0.2, 0) is 19.1 Å². The average Bonchev–Trinajstić information content (AvgIpc) is 4.22. The molecule has 0 unspecified atom stereocenters. The van der Waals surface area contributed by atoms with Crippen LogP contribution in [0.3, 0.4) is 0 Å². The Balaban J connectivity index is 0.000000172. The van der Waals surface area contributed by atoms with Crippen molar-refractivity contribution in [1.82, 2.24) is 4.90 Å². The minimum atomic E-state index is -0.603. The Hall–Kier alpha value is -6.89. The number of quaternary nitrogens is 1. The van der Waals surface area contributed by atoms with Crippen LogP contribution in [0.25, 0.3) is 20.2 Å². The zero-order valence-corrected chi connectivity index (χ0v) is 47.3. The first kappa shape index (κ1) is 58.3. The molecule has 79 heavy (non-hydrogen) atoms. The van der Waals surface area contributed by atoms with E-state index >= 15 is 0 Å². The van der Waals surface area contributed by atoms with Gasteiger partial charge < -0.3 is 37.0 Å². The van der Waals surface area contributed by atoms with Crippen LogP contribution in [-0.4, -0.2) is 96.8 Å². The van der Waals surface area contributed by atoms with E-state index in [1.807, 2.05) is 133 Å². The van der Waals surface area contributed by atoms with Gasteiger partial charge in [-0.05, 0) is 89.8 Å². The van der Waals surface area contributed by atoms with Crippen molar-refractivity contribution in [1.29, 1.82) is 5.26 Å². The molecule has 4 atom stereocenters. The predicted molar refractivity (Wildman–Crippen MR) is 314 cm³/mol. The first-order chi connectivity index (χ1) is 38.1. The standard InChI is InChI=1S/C31H31N2O3S.C23H24N2O2S.C8H7ClO.C2H3N.ClH/c34-27(22-9-3-1-4-10-22)19-33-17-15-23(16-18-33)28(20-33)36-31(35)30(32-24-11-5-2-6-12-24)26-21-37-29-14-8-7-13-25(26)29;26-23(27-20-14-25-12-10-16(20)11-13-25)22(24-17-6-2-1-3-7-17)19-15-28-21-9-5-4-8-18(19)21;9-6-8(10)7-4-2-1-3-5-7;1-2-3;/h1-14,21,23,28,30,32H,15-20H2;1-9,15-16,20,22,24H,10-14H2;1-5H,6H2;1H3;1H/q+1;;;;/p-1/t23?,28-,30-,33?;20-,22-;;;/m00.../s1. The van der Waals surface area contributed by atoms with Gasteiger partial charge in [0.25, 0.3) is 0 Å². The van der Waals surface area contributed by atoms with E-state index < -0.39 is 12.1 Å². The van der Waals surface area contributed by atoms with Gasteiger partial charge in [-0.25, -0.2) is 9.59 Å². The van der Waals surface area contributed by atoms with Gasteiger partial charge in [0.05, 0.1) is 25.0 Å². The van der Waals surface area contributed by atoms with Gasteiger partial charge in [0.15, 0.2) is 24.0 Å². The van der Waals surface area contributed by atoms with Crippen molar-refractivity contribution in [2.45, 2.75) is 56.9 Å². The second-order valence-electron chi connectivity index (χ2n) is 20.3. The van der Waals surface area contributed by atoms with Gasteiger partial charge in [-0.3, -0.25) is 14.5 Å². The predicted octanol–water partition coefficient (Wildman–Crippen LogP) is 10.4. The topological polar surface area (TPSA) is 138 Å². The van der Waals surface area contributed by atoms with Crippen molar-refractivity contribution in [3.63, 3.8) is 0 Å². The quantitative estimate of drug-likeness (QED) is 0.0442. The largest absolute Gasteiger partial charge is 1.00 e. The van der Waals surface area contributed by atoms with Crippen molar-refractivity contribution in [2.75, 3.05) is 62.3 Å². The molecule has 6 fully saturated rings. The van der Waals surface area contributed by atoms with Gasteiger partial charge in [0, 0.05) is 75.3 Å². The van der Waals surface area contributed by atoms with E-state index in [2.05, 4.69) is 50.6 Å². The lowest BCUT2D eigenvalue weighted by Gasteiger charge is -2.51. The fraction of sp³-hybridized carbons (Fsp3) is 0.297. The van der Waals surface area contributed by atoms with Gasteiger partial charge in [-0.15, -0.1) is 34.3 Å². The molecule has 11 nitrogen and oxygen atoms in total. The Kier molecular flexibility index (Phi) is 20.9. The van der Waals surface area contributed by atoms with Crippen molar-refractivity contribution in [3.05, 3.63) is 203 Å². The van der Waals surface area contributed by atoms with E-state index in [0.29, 0.717) is 35.0 Å². The van der Waals surface area contributed by atoms with Crippen LogP contribution in [0.5, 0.6) is 0 Å². The number of rotatable bonds is 15. The van der Waals surface area contributed by atoms with Crippen molar-refractivity contribution in [2.24, 2.45) is 11.8 Å². The zero-order valence-electron chi connectivity index (χ0n) is 44.1. The molecule has 14 rings (SSSR count). The molecule has 6 aromatic carbocycles. The molecule has 2 aromatic heterocycles. The molecule has 2 N–H and O–H groups in total. The van der Waals surface area contributed by atoms with Crippen molar-refractivity contribution < 1.29 is 45.5 Å². The number of benzene rings is 6. The van der Waals surface area contributed by atoms with Crippen LogP contribution in [0.1, 0.15) is 76.5 Å². The van der Waals surface area contributed by atoms with Gasteiger partial charge in [0.1, 0.15) is 19.2 Å². The number of esters is 2. The number of nitrogens with zero attached hydrogens (tertiary/aromatic N) is 3. The average molecular weight is 1140 g/mol. The number of carbonyl (C=O) groups is 4. The summed E-state index contributed by atoms with van der Waals surface area (Å²) in [5.74, 6) is 0.633. The number of Topliss-reactive ketones (excluding diaryl/α,β-unsaturated/α-hetero) is 2. The smallest absolute Gasteiger partial charge is 0.333 e. The van der Waals surface area contributed by atoms with Crippen LogP contribution in [0, 0.1) is 23.2 Å². The highest BCUT2D eigenvalue weighted by Gasteiger charge is 2.49. The summed E-state index contributed by atoms with van der Waals surface area (Å²) in [6.45, 7) is 7.69. The Morgan fingerprint density at radius 1 is 0.608 bits per heavy atom. The highest BCUT2D eigenvalue weighted by molar-refractivity contribution is 7.17. The second kappa shape index (κ2) is 28.3. The number of para-hydroxylation sites is 2. The summed E-state index contributed by atoms with van der Waals surface area (Å²) in [4.78, 5) is 53.5. The fourth-order valence-electron chi connectivity index (χ4n) is 11.1. The number of anilines is 2. The van der Waals surface area contributed by atoms with Crippen LogP contribution in [0.4, 0.5) is 11.4 Å². The first-order valence-electron chi connectivity index (χ1n) is 26.7. The lowest BCUT2D eigenvalue weighted by Crippen LogP contribution is -3.00. The first-order valence-corrected chi connectivity index (χ1v) is 29.0. The van der Waals surface area contributed by atoms with Crippen LogP contribution >= 0.6 is 34.3 Å². The SMILES string of the molecule is CC#N.O=C(CCl)c1ccccc1.O=C(C[N+]12CCC(CC1)[C@@H](OC(=O)[C@@H](Nc1ccccc1)c1csc3ccccc13)C2)c1ccccc1.O=C(O[C@H]1CN2CCC1CC2)[C@@H](Nc1ccccc1)c1csc2ccccc12.[Cl-]. The third-order valence-electron chi connectivity index (χ3n) is 15.2. The lowest BCUT2D eigenvalue weighted by atomic mass is 9.82. The van der Waals surface area contributed by atoms with Crippen molar-refractivity contribution in [3.8, 4) is 6.07 Å². The molecule has 6 aliphatic rings. The van der Waals surface area contributed by atoms with Crippen LogP contribution in [0.15, 0.2) is 181 Å². The maximum atomic E-state index is 13.8. The molecule has 8 aromatic rings. The lowest BCUT2D eigenvalue weighted by molar-refractivity contribution is -0.938. The number of hydrogen-bond donors (Lipinski definition) is 2. The van der Waals surface area contributed by atoms with E-state index in [0.717, 1.165) is 102 Å². The van der Waals surface area contributed by atoms with E-state index in [-0.39, 0.29) is 54.0 Å². The number of hydrogen-bond acceptors (Lipinski definition) is 12. The number of nitrogens with one attached hydrogen (secondary N) is 2. The number of thiophene rings is 2. The molecule has 0 spiro atoms. The van der Waals surface area contributed by atoms with E-state index in [4.69, 9.17) is 26.3 Å². The number of piperidine rings is 6. The number of carbonyl (C=O) groups excluding carboxylic acids is 4. The molecule has 8 heterocycles. The van der Waals surface area contributed by atoms with Gasteiger partial charge >= 0.3 is 11.9 Å². The Bertz CT molecular complexity index is 3290. The van der Waals surface area contributed by atoms with E-state index in [1.54, 1.807) is 40.9 Å². The summed E-state index contributed by atoms with van der Waals surface area (Å²) in [7, 11) is 0. The Labute approximate surface area is 482 Å². The van der Waals surface area contributed by atoms with E-state index in [9.17, 15) is 19.2 Å². The monoisotopic (exact) mass is 1130 g/mol. The summed E-state index contributed by atoms with van der Waals surface area (Å²) < 4.78 is 15.5. The van der Waals surface area contributed by atoms with E-state index in [1.165, 1.54) is 11.6 Å². The third-order valence-corrected chi connectivity index (χ3v) is 17.5. The summed E-state index contributed by atoms with van der Waals surface area (Å²) in [6.07, 6.45) is 4.08. The number of ketones is 2. The van der Waals surface area contributed by atoms with Gasteiger partial charge in [0.2, 0.25) is 5.78 Å². The molecule has 0 amide bonds. The third kappa shape index (κ3) is 14.9. The molecule has 0 aliphatic carbocycles. The number of fused-ring (bicyclic) bond motifs is 8. The highest BCUT2D eigenvalue weighted by atomic mass is 35.5. The number of alkyl halides is 1. The normalized spacial score (nSPS) is 21.1. The minimum absolute atomic E-state index is 0. The fourth-order valence-corrected chi connectivity index (χ4v) is 13.3. The highest BCUT2D eigenvalue weighted by Crippen LogP contribution is 2.39.